The van der Waals surface area contributed by atoms with Crippen molar-refractivity contribution in [1.29, 1.82) is 0 Å². The average Bonchev–Trinajstić information content (AvgIpc) is 2.68. The largest absolute Gasteiger partial charge is 0.459 e. The van der Waals surface area contributed by atoms with Gasteiger partial charge in [-0.15, -0.1) is 0 Å². The molecule has 0 radical (unpaired) electrons. The fourth-order valence-corrected chi connectivity index (χ4v) is 2.66. The van der Waals surface area contributed by atoms with Crippen LogP contribution in [-0.2, 0) is 9.53 Å². The van der Waals surface area contributed by atoms with E-state index in [9.17, 15) is 9.59 Å². The maximum atomic E-state index is 12.2. The van der Waals surface area contributed by atoms with E-state index in [1.54, 1.807) is 24.3 Å². The van der Waals surface area contributed by atoms with Gasteiger partial charge in [0.15, 0.2) is 0 Å². The van der Waals surface area contributed by atoms with Crippen molar-refractivity contribution in [3.63, 3.8) is 0 Å². The lowest BCUT2D eigenvalue weighted by Crippen LogP contribution is -2.14. The molecule has 0 spiro atoms. The molecule has 1 unspecified atom stereocenters. The minimum Gasteiger partial charge on any atom is -0.459 e. The van der Waals surface area contributed by atoms with E-state index in [0.29, 0.717) is 11.3 Å². The fourth-order valence-electron chi connectivity index (χ4n) is 2.66. The van der Waals surface area contributed by atoms with Crippen LogP contribution in [0.2, 0.25) is 0 Å². The first-order chi connectivity index (χ1) is 13.0. The molecule has 27 heavy (non-hydrogen) atoms. The SMILES string of the molecule is C=CC(=O)Oc1ccc(-c2ccc(C(=O)OC(C)CCCCC)cc2)cc1. The molecular weight excluding hydrogens is 340 g/mol. The fraction of sp³-hybridized carbons (Fsp3) is 0.304. The molecule has 0 bridgehead atoms. The van der Waals surface area contributed by atoms with E-state index in [-0.39, 0.29) is 12.1 Å². The van der Waals surface area contributed by atoms with E-state index in [1.165, 1.54) is 0 Å². The van der Waals surface area contributed by atoms with Crippen molar-refractivity contribution in [2.75, 3.05) is 0 Å². The molecule has 0 aromatic heterocycles. The zero-order valence-electron chi connectivity index (χ0n) is 15.9. The molecule has 0 saturated heterocycles. The van der Waals surface area contributed by atoms with Crippen LogP contribution in [0.15, 0.2) is 61.2 Å². The molecule has 0 fully saturated rings. The van der Waals surface area contributed by atoms with Gasteiger partial charge in [-0.25, -0.2) is 9.59 Å². The molecule has 4 nitrogen and oxygen atoms in total. The van der Waals surface area contributed by atoms with Gasteiger partial charge < -0.3 is 9.47 Å². The van der Waals surface area contributed by atoms with Gasteiger partial charge in [0.2, 0.25) is 0 Å². The molecule has 2 aromatic rings. The third-order valence-corrected chi connectivity index (χ3v) is 4.22. The second kappa shape index (κ2) is 10.3. The topological polar surface area (TPSA) is 52.6 Å². The van der Waals surface area contributed by atoms with E-state index < -0.39 is 5.97 Å². The summed E-state index contributed by atoms with van der Waals surface area (Å²) in [6.45, 7) is 7.45. The number of carbonyl (C=O) groups excluding carboxylic acids is 2. The van der Waals surface area contributed by atoms with E-state index in [1.807, 2.05) is 31.2 Å². The summed E-state index contributed by atoms with van der Waals surface area (Å²) in [6.07, 6.45) is 5.32. The highest BCUT2D eigenvalue weighted by atomic mass is 16.5. The Hall–Kier alpha value is -2.88. The van der Waals surface area contributed by atoms with Gasteiger partial charge in [-0.1, -0.05) is 50.6 Å². The van der Waals surface area contributed by atoms with Gasteiger partial charge in [0.1, 0.15) is 5.75 Å². The van der Waals surface area contributed by atoms with Crippen molar-refractivity contribution in [2.45, 2.75) is 45.6 Å². The number of rotatable bonds is 9. The Morgan fingerprint density at radius 2 is 1.59 bits per heavy atom. The predicted molar refractivity (Wildman–Crippen MR) is 107 cm³/mol. The summed E-state index contributed by atoms with van der Waals surface area (Å²) in [5.41, 5.74) is 2.46. The van der Waals surface area contributed by atoms with Crippen LogP contribution in [0.3, 0.4) is 0 Å². The zero-order chi connectivity index (χ0) is 19.6. The standard InChI is InChI=1S/C23H26O4/c1-4-6-7-8-17(3)26-23(25)20-11-9-18(10-12-20)19-13-15-21(16-14-19)27-22(24)5-2/h5,9-17H,2,4,6-8H2,1,3H3. The molecule has 0 aliphatic heterocycles. The molecule has 2 rings (SSSR count). The van der Waals surface area contributed by atoms with Crippen LogP contribution in [0.5, 0.6) is 5.75 Å². The molecule has 0 aliphatic carbocycles. The van der Waals surface area contributed by atoms with Gasteiger partial charge in [0, 0.05) is 6.08 Å². The van der Waals surface area contributed by atoms with E-state index in [4.69, 9.17) is 9.47 Å². The number of benzene rings is 2. The van der Waals surface area contributed by atoms with Crippen molar-refractivity contribution in [1.82, 2.24) is 0 Å². The van der Waals surface area contributed by atoms with Crippen molar-refractivity contribution < 1.29 is 19.1 Å². The van der Waals surface area contributed by atoms with Gasteiger partial charge >= 0.3 is 11.9 Å². The van der Waals surface area contributed by atoms with Crippen LogP contribution >= 0.6 is 0 Å². The highest BCUT2D eigenvalue weighted by Gasteiger charge is 2.12. The molecule has 0 saturated carbocycles. The van der Waals surface area contributed by atoms with E-state index in [0.717, 1.165) is 42.9 Å². The summed E-state index contributed by atoms with van der Waals surface area (Å²) in [5, 5.41) is 0. The molecule has 0 heterocycles. The lowest BCUT2D eigenvalue weighted by molar-refractivity contribution is -0.128. The summed E-state index contributed by atoms with van der Waals surface area (Å²) in [4.78, 5) is 23.4. The van der Waals surface area contributed by atoms with Crippen LogP contribution in [0.4, 0.5) is 0 Å². The number of hydrogen-bond acceptors (Lipinski definition) is 4. The third kappa shape index (κ3) is 6.41. The smallest absolute Gasteiger partial charge is 0.338 e. The Balaban J connectivity index is 1.97. The van der Waals surface area contributed by atoms with Crippen molar-refractivity contribution in [2.24, 2.45) is 0 Å². The molecule has 2 aromatic carbocycles. The van der Waals surface area contributed by atoms with Crippen molar-refractivity contribution in [3.05, 3.63) is 66.7 Å². The van der Waals surface area contributed by atoms with Crippen LogP contribution < -0.4 is 4.74 Å². The number of ether oxygens (including phenoxy) is 2. The maximum Gasteiger partial charge on any atom is 0.338 e. The number of unbranched alkanes of at least 4 members (excludes halogenated alkanes) is 2. The normalized spacial score (nSPS) is 11.5. The predicted octanol–water partition coefficient (Wildman–Crippen LogP) is 5.57. The maximum absolute atomic E-state index is 12.2. The summed E-state index contributed by atoms with van der Waals surface area (Å²) < 4.78 is 10.6. The Bertz CT molecular complexity index is 760. The summed E-state index contributed by atoms with van der Waals surface area (Å²) in [6, 6.07) is 14.4. The zero-order valence-corrected chi connectivity index (χ0v) is 15.9. The quantitative estimate of drug-likeness (QED) is 0.252. The molecular formula is C23H26O4. The van der Waals surface area contributed by atoms with Crippen LogP contribution in [0, 0.1) is 0 Å². The van der Waals surface area contributed by atoms with Crippen molar-refractivity contribution >= 4 is 11.9 Å². The number of esters is 2. The summed E-state index contributed by atoms with van der Waals surface area (Å²) in [7, 11) is 0. The Morgan fingerprint density at radius 3 is 2.15 bits per heavy atom. The Kier molecular flexibility index (Phi) is 7.80. The van der Waals surface area contributed by atoms with E-state index >= 15 is 0 Å². The van der Waals surface area contributed by atoms with Crippen LogP contribution in [-0.4, -0.2) is 18.0 Å². The van der Waals surface area contributed by atoms with Crippen LogP contribution in [0.25, 0.3) is 11.1 Å². The molecule has 1 atom stereocenters. The molecule has 142 valence electrons. The lowest BCUT2D eigenvalue weighted by atomic mass is 10.0. The highest BCUT2D eigenvalue weighted by Crippen LogP contribution is 2.23. The number of carbonyl (C=O) groups is 2. The molecule has 0 amide bonds. The lowest BCUT2D eigenvalue weighted by Gasteiger charge is -2.13. The van der Waals surface area contributed by atoms with Gasteiger partial charge in [-0.05, 0) is 55.2 Å². The van der Waals surface area contributed by atoms with Gasteiger partial charge in [-0.3, -0.25) is 0 Å². The Morgan fingerprint density at radius 1 is 1.00 bits per heavy atom. The third-order valence-electron chi connectivity index (χ3n) is 4.22. The summed E-state index contributed by atoms with van der Waals surface area (Å²) >= 11 is 0. The van der Waals surface area contributed by atoms with Gasteiger partial charge in [0.25, 0.3) is 0 Å². The van der Waals surface area contributed by atoms with Crippen LogP contribution in [0.1, 0.15) is 49.9 Å². The van der Waals surface area contributed by atoms with Gasteiger partial charge in [-0.2, -0.15) is 0 Å². The highest BCUT2D eigenvalue weighted by molar-refractivity contribution is 5.90. The Labute approximate surface area is 160 Å². The second-order valence-electron chi connectivity index (χ2n) is 6.44. The molecule has 4 heteroatoms. The summed E-state index contributed by atoms with van der Waals surface area (Å²) in [5.74, 6) is -0.326. The monoisotopic (exact) mass is 366 g/mol. The minimum absolute atomic E-state index is 0.0745. The molecule has 0 aliphatic rings. The minimum atomic E-state index is -0.491. The van der Waals surface area contributed by atoms with Gasteiger partial charge in [0.05, 0.1) is 11.7 Å². The molecule has 0 N–H and O–H groups in total. The second-order valence-corrected chi connectivity index (χ2v) is 6.44. The first kappa shape index (κ1) is 20.4. The van der Waals surface area contributed by atoms with Crippen molar-refractivity contribution in [3.8, 4) is 16.9 Å². The van der Waals surface area contributed by atoms with E-state index in [2.05, 4.69) is 13.5 Å². The first-order valence-electron chi connectivity index (χ1n) is 9.29. The first-order valence-corrected chi connectivity index (χ1v) is 9.29. The average molecular weight is 366 g/mol. The number of hydrogen-bond donors (Lipinski definition) is 0.